The molecule has 0 atom stereocenters. The molecule has 0 amide bonds. The lowest BCUT2D eigenvalue weighted by Gasteiger charge is -2.03. The number of hydrogen-bond donors (Lipinski definition) is 1. The molecule has 17 heavy (non-hydrogen) atoms. The van der Waals surface area contributed by atoms with Crippen molar-refractivity contribution in [2.75, 3.05) is 5.73 Å². The first-order valence-corrected chi connectivity index (χ1v) is 5.07. The van der Waals surface area contributed by atoms with Gasteiger partial charge >= 0.3 is 0 Å². The van der Waals surface area contributed by atoms with E-state index in [0.29, 0.717) is 11.5 Å². The van der Waals surface area contributed by atoms with Crippen molar-refractivity contribution in [1.29, 1.82) is 0 Å². The summed E-state index contributed by atoms with van der Waals surface area (Å²) in [5, 5.41) is 14.8. The quantitative estimate of drug-likeness (QED) is 0.633. The molecule has 0 bridgehead atoms. The molecule has 2 rings (SSSR count). The highest BCUT2D eigenvalue weighted by Crippen LogP contribution is 2.21. The van der Waals surface area contributed by atoms with Gasteiger partial charge in [-0.25, -0.2) is 4.68 Å². The first-order chi connectivity index (χ1) is 8.00. The summed E-state index contributed by atoms with van der Waals surface area (Å²) < 4.78 is 1.58. The Bertz CT molecular complexity index is 572. The van der Waals surface area contributed by atoms with Crippen molar-refractivity contribution in [1.82, 2.24) is 9.78 Å². The van der Waals surface area contributed by atoms with Crippen LogP contribution in [0, 0.1) is 24.0 Å². The van der Waals surface area contributed by atoms with Crippen LogP contribution in [-0.4, -0.2) is 14.7 Å². The number of nitrogens with zero attached hydrogens (tertiary/aromatic N) is 3. The molecule has 0 radical (unpaired) electrons. The number of aryl methyl sites for hydroxylation is 1. The summed E-state index contributed by atoms with van der Waals surface area (Å²) in [4.78, 5) is 10.1. The largest absolute Gasteiger partial charge is 0.383 e. The van der Waals surface area contributed by atoms with E-state index in [1.165, 1.54) is 12.1 Å². The Morgan fingerprint density at radius 2 is 1.88 bits per heavy atom. The molecule has 0 saturated heterocycles. The topological polar surface area (TPSA) is 87.0 Å². The van der Waals surface area contributed by atoms with Crippen LogP contribution in [0.5, 0.6) is 0 Å². The van der Waals surface area contributed by atoms with Gasteiger partial charge in [0.2, 0.25) is 0 Å². The summed E-state index contributed by atoms with van der Waals surface area (Å²) in [5.41, 5.74) is 8.43. The molecule has 0 aliphatic rings. The van der Waals surface area contributed by atoms with Gasteiger partial charge in [-0.1, -0.05) is 0 Å². The molecule has 2 aromatic rings. The molecule has 0 aliphatic heterocycles. The lowest BCUT2D eigenvalue weighted by Crippen LogP contribution is -2.02. The van der Waals surface area contributed by atoms with Crippen LogP contribution in [0.3, 0.4) is 0 Å². The van der Waals surface area contributed by atoms with Crippen LogP contribution in [0.1, 0.15) is 11.3 Å². The molecule has 1 aromatic carbocycles. The summed E-state index contributed by atoms with van der Waals surface area (Å²) in [6.45, 7) is 3.76. The Morgan fingerprint density at radius 3 is 2.29 bits per heavy atom. The zero-order valence-corrected chi connectivity index (χ0v) is 9.54. The maximum Gasteiger partial charge on any atom is 0.269 e. The van der Waals surface area contributed by atoms with E-state index in [4.69, 9.17) is 5.73 Å². The molecule has 0 fully saturated rings. The van der Waals surface area contributed by atoms with Gasteiger partial charge in [-0.3, -0.25) is 10.1 Å². The standard InChI is InChI=1S/C11H12N4O2/c1-7-8(2)13-14(11(7)12)9-3-5-10(6-4-9)15(16)17/h3-6H,12H2,1-2H3. The highest BCUT2D eigenvalue weighted by atomic mass is 16.6. The van der Waals surface area contributed by atoms with Gasteiger partial charge in [0.05, 0.1) is 16.3 Å². The molecule has 0 spiro atoms. The molecule has 6 nitrogen and oxygen atoms in total. The van der Waals surface area contributed by atoms with Crippen LogP contribution in [-0.2, 0) is 0 Å². The highest BCUT2D eigenvalue weighted by molar-refractivity contribution is 5.50. The fourth-order valence-corrected chi connectivity index (χ4v) is 1.54. The molecule has 0 saturated carbocycles. The predicted molar refractivity (Wildman–Crippen MR) is 64.1 cm³/mol. The second-order valence-electron chi connectivity index (χ2n) is 3.78. The summed E-state index contributed by atoms with van der Waals surface area (Å²) in [6, 6.07) is 6.11. The predicted octanol–water partition coefficient (Wildman–Crippen LogP) is 1.98. The van der Waals surface area contributed by atoms with Crippen LogP contribution < -0.4 is 5.73 Å². The second-order valence-corrected chi connectivity index (χ2v) is 3.78. The van der Waals surface area contributed by atoms with Gasteiger partial charge < -0.3 is 5.73 Å². The molecule has 6 heteroatoms. The van der Waals surface area contributed by atoms with Crippen molar-refractivity contribution in [2.24, 2.45) is 0 Å². The molecular formula is C11H12N4O2. The molecule has 88 valence electrons. The third kappa shape index (κ3) is 1.84. The van der Waals surface area contributed by atoms with E-state index >= 15 is 0 Å². The van der Waals surface area contributed by atoms with Crippen molar-refractivity contribution in [3.8, 4) is 5.69 Å². The number of hydrogen-bond acceptors (Lipinski definition) is 4. The average Bonchev–Trinajstić information content (AvgIpc) is 2.57. The SMILES string of the molecule is Cc1nn(-c2ccc([N+](=O)[O-])cc2)c(N)c1C. The van der Waals surface area contributed by atoms with Gasteiger partial charge in [-0.15, -0.1) is 0 Å². The van der Waals surface area contributed by atoms with Gasteiger partial charge in [0.25, 0.3) is 5.69 Å². The van der Waals surface area contributed by atoms with E-state index < -0.39 is 4.92 Å². The Morgan fingerprint density at radius 1 is 1.29 bits per heavy atom. The summed E-state index contributed by atoms with van der Waals surface area (Å²) >= 11 is 0. The van der Waals surface area contributed by atoms with Gasteiger partial charge in [0.1, 0.15) is 5.82 Å². The smallest absolute Gasteiger partial charge is 0.269 e. The minimum absolute atomic E-state index is 0.0490. The van der Waals surface area contributed by atoms with Crippen LogP contribution in [0.15, 0.2) is 24.3 Å². The Balaban J connectivity index is 2.47. The lowest BCUT2D eigenvalue weighted by molar-refractivity contribution is -0.384. The molecule has 0 unspecified atom stereocenters. The Kier molecular flexibility index (Phi) is 2.55. The van der Waals surface area contributed by atoms with E-state index in [-0.39, 0.29) is 5.69 Å². The average molecular weight is 232 g/mol. The van der Waals surface area contributed by atoms with Crippen LogP contribution >= 0.6 is 0 Å². The lowest BCUT2D eigenvalue weighted by atomic mass is 10.2. The number of nitro groups is 1. The zero-order valence-electron chi connectivity index (χ0n) is 9.54. The van der Waals surface area contributed by atoms with Gasteiger partial charge in [0.15, 0.2) is 0 Å². The third-order valence-corrected chi connectivity index (χ3v) is 2.71. The van der Waals surface area contributed by atoms with E-state index in [0.717, 1.165) is 11.3 Å². The third-order valence-electron chi connectivity index (χ3n) is 2.71. The van der Waals surface area contributed by atoms with Gasteiger partial charge in [-0.2, -0.15) is 5.10 Å². The van der Waals surface area contributed by atoms with Gasteiger partial charge in [0, 0.05) is 17.7 Å². The maximum atomic E-state index is 10.5. The molecule has 0 aliphatic carbocycles. The fraction of sp³-hybridized carbons (Fsp3) is 0.182. The summed E-state index contributed by atoms with van der Waals surface area (Å²) in [5.74, 6) is 0.552. The van der Waals surface area contributed by atoms with E-state index in [1.807, 2.05) is 13.8 Å². The Hall–Kier alpha value is -2.37. The second kappa shape index (κ2) is 3.89. The molecule has 1 heterocycles. The number of benzene rings is 1. The van der Waals surface area contributed by atoms with Crippen molar-refractivity contribution < 1.29 is 4.92 Å². The van der Waals surface area contributed by atoms with Crippen LogP contribution in [0.2, 0.25) is 0 Å². The van der Waals surface area contributed by atoms with Crippen molar-refractivity contribution in [2.45, 2.75) is 13.8 Å². The van der Waals surface area contributed by atoms with E-state index in [1.54, 1.807) is 16.8 Å². The minimum atomic E-state index is -0.438. The van der Waals surface area contributed by atoms with Crippen molar-refractivity contribution in [3.63, 3.8) is 0 Å². The monoisotopic (exact) mass is 232 g/mol. The normalized spacial score (nSPS) is 10.5. The number of non-ortho nitro benzene ring substituents is 1. The highest BCUT2D eigenvalue weighted by Gasteiger charge is 2.11. The number of nitrogens with two attached hydrogens (primary N) is 1. The number of aromatic nitrogens is 2. The van der Waals surface area contributed by atoms with Crippen molar-refractivity contribution >= 4 is 11.5 Å². The first-order valence-electron chi connectivity index (χ1n) is 5.07. The maximum absolute atomic E-state index is 10.5. The first kappa shape index (κ1) is 11.1. The summed E-state index contributed by atoms with van der Waals surface area (Å²) in [6.07, 6.45) is 0. The number of nitrogen functional groups attached to an aromatic ring is 1. The number of anilines is 1. The molecule has 2 N–H and O–H groups in total. The van der Waals surface area contributed by atoms with Crippen molar-refractivity contribution in [3.05, 3.63) is 45.6 Å². The molecule has 1 aromatic heterocycles. The minimum Gasteiger partial charge on any atom is -0.383 e. The number of rotatable bonds is 2. The van der Waals surface area contributed by atoms with E-state index in [9.17, 15) is 10.1 Å². The number of nitro benzene ring substituents is 1. The summed E-state index contributed by atoms with van der Waals surface area (Å²) in [7, 11) is 0. The zero-order chi connectivity index (χ0) is 12.6. The molecular weight excluding hydrogens is 220 g/mol. The van der Waals surface area contributed by atoms with Gasteiger partial charge in [-0.05, 0) is 26.0 Å². The Labute approximate surface area is 97.8 Å². The van der Waals surface area contributed by atoms with E-state index in [2.05, 4.69) is 5.10 Å². The van der Waals surface area contributed by atoms with Crippen LogP contribution in [0.25, 0.3) is 5.69 Å². The fourth-order valence-electron chi connectivity index (χ4n) is 1.54. The van der Waals surface area contributed by atoms with Crippen LogP contribution in [0.4, 0.5) is 11.5 Å².